The van der Waals surface area contributed by atoms with Crippen molar-refractivity contribution in [2.45, 2.75) is 6.54 Å². The Bertz CT molecular complexity index is 840. The Kier molecular flexibility index (Phi) is 4.02. The van der Waals surface area contributed by atoms with Crippen molar-refractivity contribution in [3.05, 3.63) is 63.8 Å². The highest BCUT2D eigenvalue weighted by Gasteiger charge is 2.17. The third kappa shape index (κ3) is 2.54. The van der Waals surface area contributed by atoms with E-state index in [1.54, 1.807) is 22.9 Å². The Labute approximate surface area is 136 Å². The van der Waals surface area contributed by atoms with Crippen LogP contribution >= 0.6 is 23.2 Å². The minimum atomic E-state index is -0.444. The van der Waals surface area contributed by atoms with Gasteiger partial charge in [-0.2, -0.15) is 5.10 Å². The van der Waals surface area contributed by atoms with Crippen molar-refractivity contribution in [2.75, 3.05) is 0 Å². The molecule has 3 aromatic rings. The van der Waals surface area contributed by atoms with Crippen LogP contribution in [0.15, 0.2) is 42.5 Å². The molecule has 1 aromatic heterocycles. The van der Waals surface area contributed by atoms with Crippen molar-refractivity contribution in [3.8, 4) is 0 Å². The Morgan fingerprint density at radius 1 is 1.14 bits per heavy atom. The number of rotatable bonds is 3. The van der Waals surface area contributed by atoms with E-state index in [-0.39, 0.29) is 5.69 Å². The largest absolute Gasteiger partial charge is 0.289 e. The molecule has 0 fully saturated rings. The van der Waals surface area contributed by atoms with Crippen LogP contribution in [0.4, 0.5) is 0 Å². The lowest BCUT2D eigenvalue weighted by Gasteiger charge is -2.08. The third-order valence-electron chi connectivity index (χ3n) is 3.37. The first-order valence-electron chi connectivity index (χ1n) is 6.51. The lowest BCUT2D eigenvalue weighted by atomic mass is 10.2. The number of fused-ring (bicyclic) bond motifs is 1. The van der Waals surface area contributed by atoms with E-state index in [2.05, 4.69) is 10.5 Å². The highest BCUT2D eigenvalue weighted by molar-refractivity contribution is 6.36. The van der Waals surface area contributed by atoms with Gasteiger partial charge in [-0.3, -0.25) is 14.9 Å². The fourth-order valence-electron chi connectivity index (χ4n) is 2.32. The maximum atomic E-state index is 11.9. The van der Waals surface area contributed by atoms with Gasteiger partial charge >= 0.3 is 0 Å². The molecule has 0 aliphatic carbocycles. The summed E-state index contributed by atoms with van der Waals surface area (Å²) in [6.07, 6.45) is 0. The molecule has 7 heteroatoms. The summed E-state index contributed by atoms with van der Waals surface area (Å²) in [7, 11) is 0. The molecule has 0 saturated carbocycles. The lowest BCUT2D eigenvalue weighted by molar-refractivity contribution is 0.0949. The molecule has 0 unspecified atom stereocenters. The van der Waals surface area contributed by atoms with E-state index in [9.17, 15) is 4.79 Å². The second-order valence-electron chi connectivity index (χ2n) is 4.70. The number of hydrogen-bond acceptors (Lipinski definition) is 3. The number of nitrogens with zero attached hydrogens (tertiary/aromatic N) is 2. The summed E-state index contributed by atoms with van der Waals surface area (Å²) in [6.45, 7) is 0.358. The Morgan fingerprint density at radius 2 is 1.82 bits per heavy atom. The predicted octanol–water partition coefficient (Wildman–Crippen LogP) is 2.99. The fraction of sp³-hybridized carbons (Fsp3) is 0.0667. The molecule has 0 radical (unpaired) electrons. The maximum absolute atomic E-state index is 11.9. The summed E-state index contributed by atoms with van der Waals surface area (Å²) in [5.41, 5.74) is 3.92. The number of carbonyl (C=O) groups excluding carboxylic acids is 1. The first-order valence-corrected chi connectivity index (χ1v) is 7.27. The molecular weight excluding hydrogens is 323 g/mol. The SMILES string of the molecule is NNC(=O)c1nn(Cc2c(Cl)cccc2Cl)c2ccccc12. The number of nitrogen functional groups attached to an aromatic ring is 1. The van der Waals surface area contributed by atoms with Crippen molar-refractivity contribution >= 4 is 40.0 Å². The zero-order valence-corrected chi connectivity index (χ0v) is 12.9. The Morgan fingerprint density at radius 3 is 2.50 bits per heavy atom. The van der Waals surface area contributed by atoms with Crippen molar-refractivity contribution in [1.82, 2.24) is 15.2 Å². The van der Waals surface area contributed by atoms with E-state index >= 15 is 0 Å². The molecular formula is C15H12Cl2N4O. The molecule has 3 N–H and O–H groups in total. The molecule has 5 nitrogen and oxygen atoms in total. The van der Waals surface area contributed by atoms with Gasteiger partial charge in [0.1, 0.15) is 0 Å². The zero-order valence-electron chi connectivity index (χ0n) is 11.4. The summed E-state index contributed by atoms with van der Waals surface area (Å²) in [4.78, 5) is 11.9. The Balaban J connectivity index is 2.14. The summed E-state index contributed by atoms with van der Waals surface area (Å²) >= 11 is 12.4. The minimum Gasteiger partial charge on any atom is -0.289 e. The highest BCUT2D eigenvalue weighted by Crippen LogP contribution is 2.27. The molecule has 22 heavy (non-hydrogen) atoms. The van der Waals surface area contributed by atoms with Gasteiger partial charge in [0, 0.05) is 21.0 Å². The predicted molar refractivity (Wildman–Crippen MR) is 87.0 cm³/mol. The van der Waals surface area contributed by atoms with Crippen molar-refractivity contribution in [3.63, 3.8) is 0 Å². The number of nitrogens with one attached hydrogen (secondary N) is 1. The van der Waals surface area contributed by atoms with Crippen LogP contribution in [-0.2, 0) is 6.54 Å². The number of amides is 1. The van der Waals surface area contributed by atoms with Gasteiger partial charge in [0.05, 0.1) is 12.1 Å². The van der Waals surface area contributed by atoms with Crippen molar-refractivity contribution in [1.29, 1.82) is 0 Å². The number of nitrogens with two attached hydrogens (primary N) is 1. The van der Waals surface area contributed by atoms with Crippen molar-refractivity contribution in [2.24, 2.45) is 5.84 Å². The average Bonchev–Trinajstić information content (AvgIpc) is 2.89. The van der Waals surface area contributed by atoms with Crippen LogP contribution in [-0.4, -0.2) is 15.7 Å². The molecule has 2 aromatic carbocycles. The van der Waals surface area contributed by atoms with Crippen LogP contribution in [0, 0.1) is 0 Å². The second-order valence-corrected chi connectivity index (χ2v) is 5.51. The monoisotopic (exact) mass is 334 g/mol. The van der Waals surface area contributed by atoms with Crippen molar-refractivity contribution < 1.29 is 4.79 Å². The molecule has 0 atom stereocenters. The standard InChI is InChI=1S/C15H12Cl2N4O/c16-11-5-3-6-12(17)10(11)8-21-13-7-2-1-4-9(13)14(20-21)15(22)19-18/h1-7H,8,18H2,(H,19,22). The van der Waals surface area contributed by atoms with Crippen LogP contribution in [0.1, 0.15) is 16.1 Å². The summed E-state index contributed by atoms with van der Waals surface area (Å²) in [6, 6.07) is 12.7. The van der Waals surface area contributed by atoms with Gasteiger partial charge in [0.25, 0.3) is 5.91 Å². The van der Waals surface area contributed by atoms with Crippen LogP contribution in [0.5, 0.6) is 0 Å². The molecule has 1 heterocycles. The van der Waals surface area contributed by atoms with Crippen LogP contribution in [0.25, 0.3) is 10.9 Å². The number of benzene rings is 2. The van der Waals surface area contributed by atoms with Crippen LogP contribution < -0.4 is 11.3 Å². The quantitative estimate of drug-likeness (QED) is 0.439. The number of hydrazine groups is 1. The number of halogens is 2. The smallest absolute Gasteiger partial charge is 0.286 e. The molecule has 112 valence electrons. The van der Waals surface area contributed by atoms with E-state index in [0.717, 1.165) is 11.1 Å². The number of carbonyl (C=O) groups is 1. The van der Waals surface area contributed by atoms with E-state index in [1.165, 1.54) is 0 Å². The van der Waals surface area contributed by atoms with Gasteiger partial charge in [-0.05, 0) is 18.2 Å². The molecule has 3 rings (SSSR count). The van der Waals surface area contributed by atoms with Gasteiger partial charge in [-0.15, -0.1) is 0 Å². The molecule has 0 aliphatic rings. The number of aromatic nitrogens is 2. The molecule has 0 saturated heterocycles. The fourth-order valence-corrected chi connectivity index (χ4v) is 2.83. The van der Waals surface area contributed by atoms with Gasteiger partial charge < -0.3 is 0 Å². The highest BCUT2D eigenvalue weighted by atomic mass is 35.5. The van der Waals surface area contributed by atoms with Gasteiger partial charge in [-0.25, -0.2) is 5.84 Å². The van der Waals surface area contributed by atoms with E-state index < -0.39 is 5.91 Å². The molecule has 0 bridgehead atoms. The summed E-state index contributed by atoms with van der Waals surface area (Å²) in [5.74, 6) is 4.77. The molecule has 0 spiro atoms. The number of hydrogen-bond donors (Lipinski definition) is 2. The minimum absolute atomic E-state index is 0.265. The molecule has 0 aliphatic heterocycles. The molecule has 1 amide bonds. The topological polar surface area (TPSA) is 72.9 Å². The van der Waals surface area contributed by atoms with Gasteiger partial charge in [0.15, 0.2) is 5.69 Å². The van der Waals surface area contributed by atoms with E-state index in [0.29, 0.717) is 22.0 Å². The average molecular weight is 335 g/mol. The third-order valence-corrected chi connectivity index (χ3v) is 4.08. The van der Waals surface area contributed by atoms with Gasteiger partial charge in [-0.1, -0.05) is 47.5 Å². The van der Waals surface area contributed by atoms with Crippen LogP contribution in [0.2, 0.25) is 10.0 Å². The lowest BCUT2D eigenvalue weighted by Crippen LogP contribution is -2.30. The van der Waals surface area contributed by atoms with E-state index in [1.807, 2.05) is 24.3 Å². The van der Waals surface area contributed by atoms with E-state index in [4.69, 9.17) is 29.0 Å². The normalized spacial score (nSPS) is 10.9. The Hall–Kier alpha value is -2.08. The first kappa shape index (κ1) is 14.8. The maximum Gasteiger partial charge on any atom is 0.286 e. The second kappa shape index (κ2) is 5.96. The summed E-state index contributed by atoms with van der Waals surface area (Å²) < 4.78 is 1.69. The number of para-hydroxylation sites is 1. The zero-order chi connectivity index (χ0) is 15.7. The first-order chi connectivity index (χ1) is 10.6. The van der Waals surface area contributed by atoms with Crippen LogP contribution in [0.3, 0.4) is 0 Å². The van der Waals surface area contributed by atoms with Gasteiger partial charge in [0.2, 0.25) is 0 Å². The summed E-state index contributed by atoms with van der Waals surface area (Å²) in [5, 5.41) is 6.17.